The Bertz CT molecular complexity index is 857. The summed E-state index contributed by atoms with van der Waals surface area (Å²) >= 11 is 0. The molecular weight excluding hydrogens is 318 g/mol. The van der Waals surface area contributed by atoms with Gasteiger partial charge in [0.15, 0.2) is 0 Å². The number of hydrogen-bond donors (Lipinski definition) is 0. The lowest BCUT2D eigenvalue weighted by molar-refractivity contribution is 0.403. The van der Waals surface area contributed by atoms with Gasteiger partial charge in [-0.1, -0.05) is 17.3 Å². The Kier molecular flexibility index (Phi) is 4.13. The molecule has 0 bridgehead atoms. The molecule has 4 rings (SSSR count). The molecule has 2 aromatic heterocycles. The van der Waals surface area contributed by atoms with Gasteiger partial charge in [-0.25, -0.2) is 4.98 Å². The van der Waals surface area contributed by atoms with E-state index in [-0.39, 0.29) is 0 Å². The summed E-state index contributed by atoms with van der Waals surface area (Å²) in [4.78, 5) is 11.1. The third kappa shape index (κ3) is 3.09. The van der Waals surface area contributed by atoms with Crippen LogP contribution in [-0.4, -0.2) is 39.4 Å². The molecule has 1 aromatic carbocycles. The highest BCUT2D eigenvalue weighted by Gasteiger charge is 2.29. The van der Waals surface area contributed by atoms with E-state index in [1.54, 1.807) is 7.11 Å². The molecule has 0 unspecified atom stereocenters. The Balaban J connectivity index is 1.55. The van der Waals surface area contributed by atoms with E-state index in [0.717, 1.165) is 43.1 Å². The number of imidazole rings is 1. The molecule has 130 valence electrons. The standard InChI is InChI=1S/C18H21N5O2/c1-13-19-8-10-22(13)12-15-6-4-9-23(15)18-20-17(21-25-18)14-5-3-7-16(11-14)24-2/h3,5,7-8,10-11,15H,4,6,9,12H2,1-2H3/t15-/m1/s1. The van der Waals surface area contributed by atoms with Gasteiger partial charge in [0.25, 0.3) is 0 Å². The third-order valence-corrected chi connectivity index (χ3v) is 4.70. The van der Waals surface area contributed by atoms with Crippen LogP contribution in [0.5, 0.6) is 5.75 Å². The van der Waals surface area contributed by atoms with Gasteiger partial charge in [-0.3, -0.25) is 0 Å². The first-order chi connectivity index (χ1) is 12.2. The minimum Gasteiger partial charge on any atom is -0.497 e. The summed E-state index contributed by atoms with van der Waals surface area (Å²) < 4.78 is 13.0. The van der Waals surface area contributed by atoms with Gasteiger partial charge < -0.3 is 18.7 Å². The molecule has 0 spiro atoms. The summed E-state index contributed by atoms with van der Waals surface area (Å²) in [7, 11) is 1.65. The average molecular weight is 339 g/mol. The molecule has 1 fully saturated rings. The minimum atomic E-state index is 0.339. The van der Waals surface area contributed by atoms with Gasteiger partial charge in [0, 0.05) is 31.0 Å². The molecule has 1 saturated heterocycles. The van der Waals surface area contributed by atoms with E-state index in [0.29, 0.717) is 17.9 Å². The van der Waals surface area contributed by atoms with Gasteiger partial charge in [0.05, 0.1) is 13.2 Å². The Morgan fingerprint density at radius 3 is 3.08 bits per heavy atom. The molecule has 0 N–H and O–H groups in total. The number of nitrogens with zero attached hydrogens (tertiary/aromatic N) is 5. The summed E-state index contributed by atoms with van der Waals surface area (Å²) in [5.74, 6) is 2.38. The molecular formula is C18H21N5O2. The second-order valence-corrected chi connectivity index (χ2v) is 6.25. The molecule has 0 saturated carbocycles. The SMILES string of the molecule is COc1cccc(-c2noc(N3CCC[C@@H]3Cn3ccnc3C)n2)c1. The molecule has 3 aromatic rings. The van der Waals surface area contributed by atoms with E-state index in [1.165, 1.54) is 0 Å². The lowest BCUT2D eigenvalue weighted by Crippen LogP contribution is -2.33. The maximum atomic E-state index is 5.56. The van der Waals surface area contributed by atoms with Gasteiger partial charge in [0.1, 0.15) is 11.6 Å². The summed E-state index contributed by atoms with van der Waals surface area (Å²) in [6.07, 6.45) is 6.08. The van der Waals surface area contributed by atoms with Gasteiger partial charge in [-0.15, -0.1) is 0 Å². The molecule has 1 atom stereocenters. The van der Waals surface area contributed by atoms with E-state index in [4.69, 9.17) is 9.26 Å². The Morgan fingerprint density at radius 1 is 1.36 bits per heavy atom. The summed E-state index contributed by atoms with van der Waals surface area (Å²) in [6, 6.07) is 8.60. The average Bonchev–Trinajstić information content (AvgIpc) is 3.37. The highest BCUT2D eigenvalue weighted by atomic mass is 16.5. The summed E-state index contributed by atoms with van der Waals surface area (Å²) in [5, 5.41) is 4.15. The number of aromatic nitrogens is 4. The molecule has 1 aliphatic rings. The van der Waals surface area contributed by atoms with Crippen molar-refractivity contribution in [2.75, 3.05) is 18.6 Å². The lowest BCUT2D eigenvalue weighted by Gasteiger charge is -2.22. The van der Waals surface area contributed by atoms with E-state index < -0.39 is 0 Å². The quantitative estimate of drug-likeness (QED) is 0.712. The zero-order valence-electron chi connectivity index (χ0n) is 14.4. The van der Waals surface area contributed by atoms with Crippen molar-refractivity contribution in [1.29, 1.82) is 0 Å². The molecule has 7 nitrogen and oxygen atoms in total. The zero-order chi connectivity index (χ0) is 17.2. The molecule has 0 radical (unpaired) electrons. The zero-order valence-corrected chi connectivity index (χ0v) is 14.4. The van der Waals surface area contributed by atoms with Crippen molar-refractivity contribution in [3.63, 3.8) is 0 Å². The maximum absolute atomic E-state index is 5.56. The number of benzene rings is 1. The number of aryl methyl sites for hydroxylation is 1. The number of methoxy groups -OCH3 is 1. The van der Waals surface area contributed by atoms with Crippen molar-refractivity contribution in [2.45, 2.75) is 32.4 Å². The largest absolute Gasteiger partial charge is 0.497 e. The Hall–Kier alpha value is -2.83. The van der Waals surface area contributed by atoms with Crippen LogP contribution < -0.4 is 9.64 Å². The fraction of sp³-hybridized carbons (Fsp3) is 0.389. The summed E-state index contributed by atoms with van der Waals surface area (Å²) in [6.45, 7) is 3.83. The van der Waals surface area contributed by atoms with Crippen molar-refractivity contribution < 1.29 is 9.26 Å². The van der Waals surface area contributed by atoms with Crippen molar-refractivity contribution in [1.82, 2.24) is 19.7 Å². The number of rotatable bonds is 5. The fourth-order valence-corrected chi connectivity index (χ4v) is 3.31. The minimum absolute atomic E-state index is 0.339. The second-order valence-electron chi connectivity index (χ2n) is 6.25. The number of ether oxygens (including phenoxy) is 1. The highest BCUT2D eigenvalue weighted by Crippen LogP contribution is 2.28. The normalized spacial score (nSPS) is 17.2. The molecule has 0 aliphatic carbocycles. The lowest BCUT2D eigenvalue weighted by atomic mass is 10.2. The molecule has 1 aliphatic heterocycles. The Morgan fingerprint density at radius 2 is 2.28 bits per heavy atom. The first-order valence-corrected chi connectivity index (χ1v) is 8.47. The van der Waals surface area contributed by atoms with E-state index >= 15 is 0 Å². The second kappa shape index (κ2) is 6.58. The van der Waals surface area contributed by atoms with Gasteiger partial charge >= 0.3 is 6.01 Å². The van der Waals surface area contributed by atoms with Crippen molar-refractivity contribution in [2.24, 2.45) is 0 Å². The van der Waals surface area contributed by atoms with Gasteiger partial charge in [-0.2, -0.15) is 4.98 Å². The van der Waals surface area contributed by atoms with Gasteiger partial charge in [0.2, 0.25) is 5.82 Å². The predicted octanol–water partition coefficient (Wildman–Crippen LogP) is 2.92. The monoisotopic (exact) mass is 339 g/mol. The van der Waals surface area contributed by atoms with Crippen molar-refractivity contribution in [3.8, 4) is 17.1 Å². The van der Waals surface area contributed by atoms with Crippen molar-refractivity contribution in [3.05, 3.63) is 42.5 Å². The van der Waals surface area contributed by atoms with Crippen LogP contribution in [0.25, 0.3) is 11.4 Å². The van der Waals surface area contributed by atoms with E-state index in [1.807, 2.05) is 43.6 Å². The number of hydrogen-bond acceptors (Lipinski definition) is 6. The maximum Gasteiger partial charge on any atom is 0.324 e. The molecule has 3 heterocycles. The van der Waals surface area contributed by atoms with E-state index in [9.17, 15) is 0 Å². The van der Waals surface area contributed by atoms with Crippen LogP contribution in [0.2, 0.25) is 0 Å². The van der Waals surface area contributed by atoms with Crippen LogP contribution in [0.1, 0.15) is 18.7 Å². The topological polar surface area (TPSA) is 69.2 Å². The van der Waals surface area contributed by atoms with Crippen LogP contribution in [-0.2, 0) is 6.54 Å². The van der Waals surface area contributed by atoms with Crippen molar-refractivity contribution >= 4 is 6.01 Å². The Labute approximate surface area is 146 Å². The molecule has 7 heteroatoms. The summed E-state index contributed by atoms with van der Waals surface area (Å²) in [5.41, 5.74) is 0.885. The smallest absolute Gasteiger partial charge is 0.324 e. The molecule has 0 amide bonds. The van der Waals surface area contributed by atoms with Crippen LogP contribution in [0, 0.1) is 6.92 Å². The van der Waals surface area contributed by atoms with Crippen LogP contribution in [0.4, 0.5) is 6.01 Å². The van der Waals surface area contributed by atoms with Gasteiger partial charge in [-0.05, 0) is 31.9 Å². The highest BCUT2D eigenvalue weighted by molar-refractivity contribution is 5.58. The van der Waals surface area contributed by atoms with Crippen LogP contribution in [0.15, 0.2) is 41.2 Å². The molecule has 25 heavy (non-hydrogen) atoms. The van der Waals surface area contributed by atoms with E-state index in [2.05, 4.69) is 24.6 Å². The first kappa shape index (κ1) is 15.7. The fourth-order valence-electron chi connectivity index (χ4n) is 3.31. The van der Waals surface area contributed by atoms with Crippen LogP contribution in [0.3, 0.4) is 0 Å². The van der Waals surface area contributed by atoms with Crippen LogP contribution >= 0.6 is 0 Å². The number of anilines is 1. The predicted molar refractivity (Wildman–Crippen MR) is 93.6 cm³/mol. The third-order valence-electron chi connectivity index (χ3n) is 4.70. The first-order valence-electron chi connectivity index (χ1n) is 8.47.